The first-order valence-corrected chi connectivity index (χ1v) is 12.4. The number of benzene rings is 3. The average Bonchev–Trinajstić information content (AvgIpc) is 2.91. The monoisotopic (exact) mass is 514 g/mol. The molecule has 0 N–H and O–H groups in total. The van der Waals surface area contributed by atoms with Crippen molar-refractivity contribution in [1.29, 1.82) is 0 Å². The third-order valence-electron chi connectivity index (χ3n) is 6.60. The number of nitro groups is 1. The highest BCUT2D eigenvalue weighted by molar-refractivity contribution is 5.95. The lowest BCUT2D eigenvalue weighted by atomic mass is 10.1. The number of rotatable bonds is 9. The van der Waals surface area contributed by atoms with Crippen LogP contribution in [-0.4, -0.2) is 45.5 Å². The first kappa shape index (κ1) is 26.7. The van der Waals surface area contributed by atoms with E-state index in [0.717, 1.165) is 5.56 Å². The number of aromatic nitrogens is 2. The summed E-state index contributed by atoms with van der Waals surface area (Å²) in [5, 5.41) is 12.0. The SMILES string of the molecule is COCCCN(C(=O)c1ccc(C)c([N+](=O)[O-])c1)C(C)c1nc2ccccc2c(=O)n1-c1ccc(C)cc1. The van der Waals surface area contributed by atoms with Crippen molar-refractivity contribution in [2.75, 3.05) is 20.3 Å². The van der Waals surface area contributed by atoms with Gasteiger partial charge in [-0.2, -0.15) is 0 Å². The van der Waals surface area contributed by atoms with E-state index in [9.17, 15) is 19.7 Å². The summed E-state index contributed by atoms with van der Waals surface area (Å²) in [5.41, 5.74) is 2.50. The molecule has 1 atom stereocenters. The number of hydrogen-bond acceptors (Lipinski definition) is 6. The van der Waals surface area contributed by atoms with Crippen molar-refractivity contribution >= 4 is 22.5 Å². The normalized spacial score (nSPS) is 11.9. The van der Waals surface area contributed by atoms with Crippen molar-refractivity contribution in [2.24, 2.45) is 0 Å². The zero-order chi connectivity index (χ0) is 27.4. The number of carbonyl (C=O) groups is 1. The summed E-state index contributed by atoms with van der Waals surface area (Å²) in [5.74, 6) is -0.000465. The third-order valence-corrected chi connectivity index (χ3v) is 6.60. The quantitative estimate of drug-likeness (QED) is 0.174. The Labute approximate surface area is 220 Å². The van der Waals surface area contributed by atoms with E-state index < -0.39 is 16.9 Å². The van der Waals surface area contributed by atoms with Gasteiger partial charge in [0.15, 0.2) is 0 Å². The van der Waals surface area contributed by atoms with Crippen LogP contribution >= 0.6 is 0 Å². The summed E-state index contributed by atoms with van der Waals surface area (Å²) in [4.78, 5) is 45.1. The lowest BCUT2D eigenvalue weighted by Crippen LogP contribution is -2.38. The number of methoxy groups -OCH3 is 1. The number of fused-ring (bicyclic) bond motifs is 1. The molecule has 0 saturated heterocycles. The molecule has 1 unspecified atom stereocenters. The highest BCUT2D eigenvalue weighted by Gasteiger charge is 2.28. The summed E-state index contributed by atoms with van der Waals surface area (Å²) in [6.07, 6.45) is 0.531. The maximum atomic E-state index is 13.8. The van der Waals surface area contributed by atoms with Gasteiger partial charge in [-0.05, 0) is 57.5 Å². The number of hydrogen-bond donors (Lipinski definition) is 0. The van der Waals surface area contributed by atoms with Gasteiger partial charge in [-0.3, -0.25) is 24.3 Å². The smallest absolute Gasteiger partial charge is 0.273 e. The molecule has 0 radical (unpaired) electrons. The summed E-state index contributed by atoms with van der Waals surface area (Å²) in [6.45, 7) is 6.12. The molecule has 196 valence electrons. The zero-order valence-electron chi connectivity index (χ0n) is 21.9. The van der Waals surface area contributed by atoms with Gasteiger partial charge >= 0.3 is 0 Å². The van der Waals surface area contributed by atoms with Gasteiger partial charge in [0.1, 0.15) is 5.82 Å². The van der Waals surface area contributed by atoms with Crippen molar-refractivity contribution in [3.63, 3.8) is 0 Å². The standard InChI is InChI=1S/C29H30N4O5/c1-19-10-14-23(15-11-19)32-27(30-25-9-6-5-8-24(25)29(32)35)21(3)31(16-7-17-38-4)28(34)22-13-12-20(2)26(18-22)33(36)37/h5-6,8-15,18,21H,7,16-17H2,1-4H3. The molecule has 0 aliphatic heterocycles. The van der Waals surface area contributed by atoms with Gasteiger partial charge < -0.3 is 9.64 Å². The second kappa shape index (κ2) is 11.4. The van der Waals surface area contributed by atoms with Crippen LogP contribution in [0.25, 0.3) is 16.6 Å². The Bertz CT molecular complexity index is 1550. The first-order valence-electron chi connectivity index (χ1n) is 12.4. The lowest BCUT2D eigenvalue weighted by molar-refractivity contribution is -0.385. The van der Waals surface area contributed by atoms with Crippen LogP contribution in [0, 0.1) is 24.0 Å². The van der Waals surface area contributed by atoms with Crippen molar-refractivity contribution in [2.45, 2.75) is 33.2 Å². The summed E-state index contributed by atoms with van der Waals surface area (Å²) < 4.78 is 6.75. The van der Waals surface area contributed by atoms with Crippen LogP contribution in [0.4, 0.5) is 5.69 Å². The van der Waals surface area contributed by atoms with Gasteiger partial charge in [0, 0.05) is 37.5 Å². The number of nitro benzene ring substituents is 1. The Balaban J connectivity index is 1.88. The molecule has 3 aromatic carbocycles. The Kier molecular flexibility index (Phi) is 7.97. The van der Waals surface area contributed by atoms with Crippen LogP contribution in [0.3, 0.4) is 0 Å². The fourth-order valence-corrected chi connectivity index (χ4v) is 4.47. The fourth-order valence-electron chi connectivity index (χ4n) is 4.47. The van der Waals surface area contributed by atoms with Crippen LogP contribution in [0.15, 0.2) is 71.5 Å². The minimum absolute atomic E-state index is 0.124. The molecule has 1 amide bonds. The number of para-hydroxylation sites is 1. The van der Waals surface area contributed by atoms with E-state index >= 15 is 0 Å². The van der Waals surface area contributed by atoms with Crippen molar-refractivity contribution in [1.82, 2.24) is 14.5 Å². The molecule has 0 spiro atoms. The molecule has 4 rings (SSSR count). The first-order chi connectivity index (χ1) is 18.2. The van der Waals surface area contributed by atoms with E-state index in [1.807, 2.05) is 44.2 Å². The molecule has 1 aromatic heterocycles. The van der Waals surface area contributed by atoms with Crippen LogP contribution in [-0.2, 0) is 4.74 Å². The molecule has 38 heavy (non-hydrogen) atoms. The summed E-state index contributed by atoms with van der Waals surface area (Å²) in [7, 11) is 1.58. The lowest BCUT2D eigenvalue weighted by Gasteiger charge is -2.31. The van der Waals surface area contributed by atoms with Crippen molar-refractivity contribution in [3.8, 4) is 5.69 Å². The van der Waals surface area contributed by atoms with Gasteiger partial charge in [0.05, 0.1) is 27.6 Å². The minimum Gasteiger partial charge on any atom is -0.385 e. The number of carbonyl (C=O) groups excluding carboxylic acids is 1. The molecule has 0 bridgehead atoms. The Morgan fingerprint density at radius 2 is 1.82 bits per heavy atom. The highest BCUT2D eigenvalue weighted by atomic mass is 16.6. The van der Waals surface area contributed by atoms with E-state index in [4.69, 9.17) is 9.72 Å². The maximum absolute atomic E-state index is 13.8. The van der Waals surface area contributed by atoms with E-state index in [1.54, 1.807) is 53.8 Å². The van der Waals surface area contributed by atoms with Crippen LogP contribution in [0.5, 0.6) is 0 Å². The zero-order valence-corrected chi connectivity index (χ0v) is 21.9. The number of amides is 1. The van der Waals surface area contributed by atoms with Gasteiger partial charge in [-0.25, -0.2) is 4.98 Å². The minimum atomic E-state index is -0.640. The second-order valence-corrected chi connectivity index (χ2v) is 9.24. The Hall–Kier alpha value is -4.37. The molecule has 9 heteroatoms. The topological polar surface area (TPSA) is 108 Å². The highest BCUT2D eigenvalue weighted by Crippen LogP contribution is 2.27. The molecular weight excluding hydrogens is 484 g/mol. The molecule has 9 nitrogen and oxygen atoms in total. The van der Waals surface area contributed by atoms with E-state index in [2.05, 4.69) is 0 Å². The number of aryl methyl sites for hydroxylation is 2. The largest absolute Gasteiger partial charge is 0.385 e. The van der Waals surface area contributed by atoms with Crippen molar-refractivity contribution in [3.05, 3.63) is 110 Å². The molecular formula is C29H30N4O5. The predicted molar refractivity (Wildman–Crippen MR) is 146 cm³/mol. The van der Waals surface area contributed by atoms with E-state index in [0.29, 0.717) is 47.6 Å². The van der Waals surface area contributed by atoms with Crippen LogP contribution < -0.4 is 5.56 Å². The van der Waals surface area contributed by atoms with Gasteiger partial charge in [0.25, 0.3) is 17.2 Å². The molecule has 1 heterocycles. The van der Waals surface area contributed by atoms with E-state index in [1.165, 1.54) is 6.07 Å². The molecule has 4 aromatic rings. The average molecular weight is 515 g/mol. The maximum Gasteiger partial charge on any atom is 0.273 e. The fraction of sp³-hybridized carbons (Fsp3) is 0.276. The third kappa shape index (κ3) is 5.33. The molecule has 0 saturated carbocycles. The van der Waals surface area contributed by atoms with Gasteiger partial charge in [-0.15, -0.1) is 0 Å². The Morgan fingerprint density at radius 1 is 1.11 bits per heavy atom. The van der Waals surface area contributed by atoms with E-state index in [-0.39, 0.29) is 16.8 Å². The van der Waals surface area contributed by atoms with Crippen LogP contribution in [0.1, 0.15) is 46.7 Å². The van der Waals surface area contributed by atoms with Gasteiger partial charge in [-0.1, -0.05) is 35.9 Å². The predicted octanol–water partition coefficient (Wildman–Crippen LogP) is 5.15. The van der Waals surface area contributed by atoms with Gasteiger partial charge in [0.2, 0.25) is 0 Å². The summed E-state index contributed by atoms with van der Waals surface area (Å²) in [6, 6.07) is 18.5. The van der Waals surface area contributed by atoms with Crippen LogP contribution in [0.2, 0.25) is 0 Å². The molecule has 0 aliphatic rings. The molecule has 0 aliphatic carbocycles. The van der Waals surface area contributed by atoms with Crippen molar-refractivity contribution < 1.29 is 14.5 Å². The number of nitrogens with zero attached hydrogens (tertiary/aromatic N) is 4. The Morgan fingerprint density at radius 3 is 2.50 bits per heavy atom. The molecule has 0 fully saturated rings. The second-order valence-electron chi connectivity index (χ2n) is 9.24. The summed E-state index contributed by atoms with van der Waals surface area (Å²) >= 11 is 0. The number of ether oxygens (including phenoxy) is 1.